The van der Waals surface area contributed by atoms with Crippen LogP contribution in [-0.2, 0) is 0 Å². The number of hydrogen-bond donors (Lipinski definition) is 0. The molecular formula is C32H21NO. The highest BCUT2D eigenvalue weighted by Crippen LogP contribution is 2.44. The number of hydrogen-bond acceptors (Lipinski definition) is 2. The monoisotopic (exact) mass is 435 g/mol. The van der Waals surface area contributed by atoms with Gasteiger partial charge in [-0.2, -0.15) is 0 Å². The molecule has 0 aliphatic rings. The summed E-state index contributed by atoms with van der Waals surface area (Å²) in [5.41, 5.74) is 5.23. The first-order valence-corrected chi connectivity index (χ1v) is 11.5. The van der Waals surface area contributed by atoms with E-state index in [1.54, 1.807) is 0 Å². The van der Waals surface area contributed by atoms with Gasteiger partial charge in [0.05, 0.1) is 5.69 Å². The Morgan fingerprint density at radius 2 is 1.00 bits per heavy atom. The number of furan rings is 1. The summed E-state index contributed by atoms with van der Waals surface area (Å²) in [6, 6.07) is 44.8. The molecule has 0 N–H and O–H groups in total. The van der Waals surface area contributed by atoms with E-state index in [2.05, 4.69) is 132 Å². The molecule has 2 nitrogen and oxygen atoms in total. The number of benzene rings is 6. The van der Waals surface area contributed by atoms with Crippen molar-refractivity contribution >= 4 is 60.5 Å². The number of para-hydroxylation sites is 2. The fourth-order valence-corrected chi connectivity index (χ4v) is 5.03. The molecule has 0 saturated heterocycles. The van der Waals surface area contributed by atoms with E-state index in [0.717, 1.165) is 49.8 Å². The molecular weight excluding hydrogens is 414 g/mol. The van der Waals surface area contributed by atoms with Gasteiger partial charge >= 0.3 is 0 Å². The Kier molecular flexibility index (Phi) is 4.18. The molecule has 6 aromatic carbocycles. The largest absolute Gasteiger partial charge is 0.455 e. The average Bonchev–Trinajstić information content (AvgIpc) is 3.26. The summed E-state index contributed by atoms with van der Waals surface area (Å²) in [5.74, 6) is 0. The molecule has 0 fully saturated rings. The van der Waals surface area contributed by atoms with Crippen LogP contribution in [0.4, 0.5) is 17.1 Å². The highest BCUT2D eigenvalue weighted by atomic mass is 16.3. The van der Waals surface area contributed by atoms with Crippen molar-refractivity contribution in [1.82, 2.24) is 0 Å². The molecule has 0 atom stereocenters. The van der Waals surface area contributed by atoms with Crippen LogP contribution in [0.5, 0.6) is 0 Å². The Morgan fingerprint density at radius 1 is 0.441 bits per heavy atom. The fourth-order valence-electron chi connectivity index (χ4n) is 5.03. The minimum atomic E-state index is 0.918. The van der Waals surface area contributed by atoms with E-state index in [1.165, 1.54) is 10.8 Å². The number of rotatable bonds is 3. The van der Waals surface area contributed by atoms with E-state index in [-0.39, 0.29) is 0 Å². The van der Waals surface area contributed by atoms with Gasteiger partial charge in [0.2, 0.25) is 0 Å². The molecule has 0 amide bonds. The molecule has 160 valence electrons. The first-order chi connectivity index (χ1) is 16.9. The maximum Gasteiger partial charge on any atom is 0.143 e. The second kappa shape index (κ2) is 7.50. The molecule has 7 rings (SSSR count). The van der Waals surface area contributed by atoms with E-state index in [9.17, 15) is 0 Å². The van der Waals surface area contributed by atoms with Gasteiger partial charge in [-0.15, -0.1) is 0 Å². The van der Waals surface area contributed by atoms with Gasteiger partial charge in [0.25, 0.3) is 0 Å². The van der Waals surface area contributed by atoms with Gasteiger partial charge in [-0.25, -0.2) is 0 Å². The maximum absolute atomic E-state index is 6.50. The third-order valence-corrected chi connectivity index (χ3v) is 6.59. The van der Waals surface area contributed by atoms with Crippen molar-refractivity contribution in [2.45, 2.75) is 0 Å². The fraction of sp³-hybridized carbons (Fsp3) is 0. The van der Waals surface area contributed by atoms with Crippen LogP contribution in [0.25, 0.3) is 43.5 Å². The summed E-state index contributed by atoms with van der Waals surface area (Å²) in [6.45, 7) is 0. The lowest BCUT2D eigenvalue weighted by molar-refractivity contribution is 0.673. The van der Waals surface area contributed by atoms with Crippen molar-refractivity contribution in [2.24, 2.45) is 0 Å². The topological polar surface area (TPSA) is 16.4 Å². The van der Waals surface area contributed by atoms with E-state index in [0.29, 0.717) is 0 Å². The smallest absolute Gasteiger partial charge is 0.143 e. The summed E-state index contributed by atoms with van der Waals surface area (Å²) in [4.78, 5) is 2.33. The normalized spacial score (nSPS) is 11.5. The van der Waals surface area contributed by atoms with Crippen LogP contribution in [0.1, 0.15) is 0 Å². The SMILES string of the molecule is c1ccc(N(c2ccccc2)c2cc3c4cc5ccccc5cc4oc3c3ccccc23)cc1. The third-order valence-electron chi connectivity index (χ3n) is 6.59. The lowest BCUT2D eigenvalue weighted by Gasteiger charge is -2.27. The molecule has 0 aliphatic heterocycles. The highest BCUT2D eigenvalue weighted by molar-refractivity contribution is 6.21. The highest BCUT2D eigenvalue weighted by Gasteiger charge is 2.20. The molecule has 7 aromatic rings. The van der Waals surface area contributed by atoms with Crippen LogP contribution in [0.15, 0.2) is 132 Å². The molecule has 0 saturated carbocycles. The van der Waals surface area contributed by atoms with Crippen LogP contribution in [0.2, 0.25) is 0 Å². The van der Waals surface area contributed by atoms with Gasteiger partial charge in [-0.1, -0.05) is 84.9 Å². The molecule has 1 heterocycles. The molecule has 0 bridgehead atoms. The quantitative estimate of drug-likeness (QED) is 0.275. The number of nitrogens with zero attached hydrogens (tertiary/aromatic N) is 1. The molecule has 1 aromatic heterocycles. The Balaban J connectivity index is 1.62. The van der Waals surface area contributed by atoms with Gasteiger partial charge in [-0.3, -0.25) is 0 Å². The molecule has 34 heavy (non-hydrogen) atoms. The van der Waals surface area contributed by atoms with Crippen molar-refractivity contribution in [3.05, 3.63) is 127 Å². The zero-order valence-corrected chi connectivity index (χ0v) is 18.5. The molecule has 0 spiro atoms. The van der Waals surface area contributed by atoms with Crippen molar-refractivity contribution in [3.8, 4) is 0 Å². The van der Waals surface area contributed by atoms with E-state index in [4.69, 9.17) is 4.42 Å². The Bertz CT molecular complexity index is 1760. The Morgan fingerprint density at radius 3 is 1.68 bits per heavy atom. The van der Waals surface area contributed by atoms with Gasteiger partial charge in [0.15, 0.2) is 0 Å². The second-order valence-corrected chi connectivity index (χ2v) is 8.62. The van der Waals surface area contributed by atoms with Gasteiger partial charge < -0.3 is 9.32 Å². The van der Waals surface area contributed by atoms with Crippen molar-refractivity contribution < 1.29 is 4.42 Å². The standard InChI is InChI=1S/C32H21NO/c1-3-13-24(14-4-1)33(25-15-5-2-6-16-25)30-21-29-28-19-22-11-7-8-12-23(22)20-31(28)34-32(29)27-18-10-9-17-26(27)30/h1-21H. The van der Waals surface area contributed by atoms with Gasteiger partial charge in [0.1, 0.15) is 11.2 Å². The predicted octanol–water partition coefficient (Wildman–Crippen LogP) is 9.36. The van der Waals surface area contributed by atoms with Gasteiger partial charge in [0, 0.05) is 32.9 Å². The lowest BCUT2D eigenvalue weighted by atomic mass is 10.0. The number of anilines is 3. The summed E-state index contributed by atoms with van der Waals surface area (Å²) in [7, 11) is 0. The first kappa shape index (κ1) is 19.0. The van der Waals surface area contributed by atoms with Gasteiger partial charge in [-0.05, 0) is 53.2 Å². The first-order valence-electron chi connectivity index (χ1n) is 11.5. The molecule has 0 aliphatic carbocycles. The van der Waals surface area contributed by atoms with Crippen molar-refractivity contribution in [1.29, 1.82) is 0 Å². The average molecular weight is 436 g/mol. The minimum Gasteiger partial charge on any atom is -0.455 e. The van der Waals surface area contributed by atoms with E-state index < -0.39 is 0 Å². The lowest BCUT2D eigenvalue weighted by Crippen LogP contribution is -2.10. The molecule has 2 heteroatoms. The molecule has 0 radical (unpaired) electrons. The predicted molar refractivity (Wildman–Crippen MR) is 143 cm³/mol. The van der Waals surface area contributed by atoms with Crippen LogP contribution >= 0.6 is 0 Å². The third kappa shape index (κ3) is 2.89. The van der Waals surface area contributed by atoms with Crippen molar-refractivity contribution in [3.63, 3.8) is 0 Å². The van der Waals surface area contributed by atoms with Crippen molar-refractivity contribution in [2.75, 3.05) is 4.90 Å². The zero-order chi connectivity index (χ0) is 22.5. The Hall–Kier alpha value is -4.56. The van der Waals surface area contributed by atoms with Crippen LogP contribution in [0.3, 0.4) is 0 Å². The van der Waals surface area contributed by atoms with Crippen LogP contribution < -0.4 is 4.90 Å². The van der Waals surface area contributed by atoms with E-state index in [1.807, 2.05) is 0 Å². The summed E-state index contributed by atoms with van der Waals surface area (Å²) >= 11 is 0. The van der Waals surface area contributed by atoms with Crippen LogP contribution in [-0.4, -0.2) is 0 Å². The summed E-state index contributed by atoms with van der Waals surface area (Å²) in [5, 5.41) is 6.95. The summed E-state index contributed by atoms with van der Waals surface area (Å²) in [6.07, 6.45) is 0. The Labute approximate surface area is 197 Å². The number of fused-ring (bicyclic) bond motifs is 6. The maximum atomic E-state index is 6.50. The minimum absolute atomic E-state index is 0.918. The molecule has 0 unspecified atom stereocenters. The zero-order valence-electron chi connectivity index (χ0n) is 18.5. The van der Waals surface area contributed by atoms with E-state index >= 15 is 0 Å². The van der Waals surface area contributed by atoms with Crippen LogP contribution in [0, 0.1) is 0 Å². The second-order valence-electron chi connectivity index (χ2n) is 8.62. The summed E-state index contributed by atoms with van der Waals surface area (Å²) < 4.78 is 6.50.